The van der Waals surface area contributed by atoms with Gasteiger partial charge in [0.2, 0.25) is 0 Å². The molecule has 1 aromatic heterocycles. The monoisotopic (exact) mass is 263 g/mol. The van der Waals surface area contributed by atoms with Crippen molar-refractivity contribution in [2.24, 2.45) is 0 Å². The molecule has 0 radical (unpaired) electrons. The molecule has 0 atom stereocenters. The van der Waals surface area contributed by atoms with Crippen LogP contribution in [-0.2, 0) is 0 Å². The second-order valence-electron chi connectivity index (χ2n) is 4.01. The summed E-state index contributed by atoms with van der Waals surface area (Å²) in [6, 6.07) is 10.3. The summed E-state index contributed by atoms with van der Waals surface area (Å²) >= 11 is 0. The van der Waals surface area contributed by atoms with Crippen LogP contribution in [0.3, 0.4) is 0 Å². The number of rotatable bonds is 2. The van der Waals surface area contributed by atoms with Gasteiger partial charge in [-0.3, -0.25) is 9.97 Å². The minimum absolute atomic E-state index is 0. The first-order valence-corrected chi connectivity index (χ1v) is 5.52. The highest BCUT2D eigenvalue weighted by Gasteiger charge is 2.23. The van der Waals surface area contributed by atoms with Gasteiger partial charge >= 0.3 is 0 Å². The Labute approximate surface area is 114 Å². The summed E-state index contributed by atoms with van der Waals surface area (Å²) in [7, 11) is 0. The third-order valence-electron chi connectivity index (χ3n) is 2.94. The number of benzene rings is 1. The molecular weight excluding hydrogens is 246 g/mol. The molecule has 96 valence electrons. The fourth-order valence-electron chi connectivity index (χ4n) is 1.95. The number of halogens is 1. The standard InChI is InChI=1S/C13H13N3.CH4.ClH/c1-2-4-10(5-3-1)12-13(11-8-14-9-11)16-7-6-15-12;;/h1-7,11,14H,8-9H2;1H4;1H. The highest BCUT2D eigenvalue weighted by Crippen LogP contribution is 2.27. The lowest BCUT2D eigenvalue weighted by Crippen LogP contribution is -2.40. The van der Waals surface area contributed by atoms with Crippen LogP contribution in [0.5, 0.6) is 0 Å². The zero-order valence-electron chi connectivity index (χ0n) is 9.34. The summed E-state index contributed by atoms with van der Waals surface area (Å²) in [6.07, 6.45) is 3.54. The third-order valence-corrected chi connectivity index (χ3v) is 2.94. The molecule has 0 unspecified atom stereocenters. The molecule has 0 saturated carbocycles. The third kappa shape index (κ3) is 2.68. The molecule has 2 heterocycles. The zero-order chi connectivity index (χ0) is 10.8. The summed E-state index contributed by atoms with van der Waals surface area (Å²) in [4.78, 5) is 8.94. The molecular formula is C14H18ClN3. The fraction of sp³-hybridized carbons (Fsp3) is 0.286. The summed E-state index contributed by atoms with van der Waals surface area (Å²) in [5.74, 6) is 0.518. The Morgan fingerprint density at radius 1 is 1.00 bits per heavy atom. The van der Waals surface area contributed by atoms with Crippen LogP contribution in [0.1, 0.15) is 19.0 Å². The van der Waals surface area contributed by atoms with Crippen LogP contribution < -0.4 is 5.32 Å². The zero-order valence-corrected chi connectivity index (χ0v) is 10.2. The molecule has 18 heavy (non-hydrogen) atoms. The average molecular weight is 264 g/mol. The van der Waals surface area contributed by atoms with Gasteiger partial charge in [-0.05, 0) is 0 Å². The fourth-order valence-corrected chi connectivity index (χ4v) is 1.95. The molecule has 4 heteroatoms. The molecule has 1 saturated heterocycles. The Kier molecular flexibility index (Phi) is 5.25. The van der Waals surface area contributed by atoms with Crippen molar-refractivity contribution < 1.29 is 0 Å². The maximum absolute atomic E-state index is 4.47. The minimum atomic E-state index is 0. The molecule has 0 amide bonds. The topological polar surface area (TPSA) is 37.8 Å². The smallest absolute Gasteiger partial charge is 0.0921 e. The minimum Gasteiger partial charge on any atom is -0.315 e. The number of aromatic nitrogens is 2. The van der Waals surface area contributed by atoms with Crippen molar-refractivity contribution in [3.05, 3.63) is 48.4 Å². The Hall–Kier alpha value is -1.45. The van der Waals surface area contributed by atoms with E-state index in [0.29, 0.717) is 5.92 Å². The van der Waals surface area contributed by atoms with E-state index in [4.69, 9.17) is 0 Å². The van der Waals surface area contributed by atoms with Crippen LogP contribution in [0, 0.1) is 0 Å². The lowest BCUT2D eigenvalue weighted by Gasteiger charge is -2.27. The van der Waals surface area contributed by atoms with E-state index in [1.807, 2.05) is 18.2 Å². The first-order chi connectivity index (χ1) is 7.95. The van der Waals surface area contributed by atoms with E-state index in [9.17, 15) is 0 Å². The van der Waals surface area contributed by atoms with E-state index in [1.165, 1.54) is 0 Å². The maximum Gasteiger partial charge on any atom is 0.0921 e. The number of nitrogens with one attached hydrogen (secondary N) is 1. The number of nitrogens with zero attached hydrogens (tertiary/aromatic N) is 2. The van der Waals surface area contributed by atoms with Crippen LogP contribution in [-0.4, -0.2) is 23.1 Å². The first kappa shape index (κ1) is 14.6. The first-order valence-electron chi connectivity index (χ1n) is 5.52. The quantitative estimate of drug-likeness (QED) is 0.905. The van der Waals surface area contributed by atoms with Crippen LogP contribution in [0.2, 0.25) is 0 Å². The predicted molar refractivity (Wildman–Crippen MR) is 77.1 cm³/mol. The van der Waals surface area contributed by atoms with E-state index in [-0.39, 0.29) is 19.8 Å². The molecule has 0 aliphatic carbocycles. The largest absolute Gasteiger partial charge is 0.315 e. The van der Waals surface area contributed by atoms with Crippen LogP contribution >= 0.6 is 12.4 Å². The molecule has 1 N–H and O–H groups in total. The van der Waals surface area contributed by atoms with Gasteiger partial charge in [0.1, 0.15) is 0 Å². The molecule has 1 aromatic carbocycles. The van der Waals surface area contributed by atoms with E-state index >= 15 is 0 Å². The molecule has 2 aromatic rings. The second-order valence-corrected chi connectivity index (χ2v) is 4.01. The van der Waals surface area contributed by atoms with E-state index in [0.717, 1.165) is 30.0 Å². The lowest BCUT2D eigenvalue weighted by molar-refractivity contribution is 0.439. The maximum atomic E-state index is 4.47. The molecule has 3 nitrogen and oxygen atoms in total. The van der Waals surface area contributed by atoms with Crippen LogP contribution in [0.15, 0.2) is 42.7 Å². The summed E-state index contributed by atoms with van der Waals surface area (Å²) in [5.41, 5.74) is 3.29. The van der Waals surface area contributed by atoms with Gasteiger partial charge in [0, 0.05) is 37.0 Å². The summed E-state index contributed by atoms with van der Waals surface area (Å²) < 4.78 is 0. The Morgan fingerprint density at radius 2 is 1.67 bits per heavy atom. The highest BCUT2D eigenvalue weighted by molar-refractivity contribution is 5.85. The SMILES string of the molecule is C.Cl.c1ccc(-c2nccnc2C2CNC2)cc1. The Bertz CT molecular complexity index is 483. The normalized spacial score (nSPS) is 14.0. The van der Waals surface area contributed by atoms with E-state index in [2.05, 4.69) is 27.4 Å². The Balaban J connectivity index is 0.000000810. The van der Waals surface area contributed by atoms with E-state index < -0.39 is 0 Å². The van der Waals surface area contributed by atoms with E-state index in [1.54, 1.807) is 12.4 Å². The van der Waals surface area contributed by atoms with Gasteiger partial charge in [0.15, 0.2) is 0 Å². The number of hydrogen-bond donors (Lipinski definition) is 1. The summed E-state index contributed by atoms with van der Waals surface area (Å²) in [6.45, 7) is 2.02. The lowest BCUT2D eigenvalue weighted by atomic mass is 9.95. The summed E-state index contributed by atoms with van der Waals surface area (Å²) in [5, 5.41) is 3.27. The van der Waals surface area contributed by atoms with Gasteiger partial charge in [-0.25, -0.2) is 0 Å². The van der Waals surface area contributed by atoms with Gasteiger partial charge in [-0.15, -0.1) is 12.4 Å². The van der Waals surface area contributed by atoms with Crippen molar-refractivity contribution >= 4 is 12.4 Å². The van der Waals surface area contributed by atoms with Gasteiger partial charge < -0.3 is 5.32 Å². The molecule has 1 aliphatic heterocycles. The number of hydrogen-bond acceptors (Lipinski definition) is 3. The van der Waals surface area contributed by atoms with Gasteiger partial charge in [0.25, 0.3) is 0 Å². The second kappa shape index (κ2) is 6.47. The molecule has 0 bridgehead atoms. The van der Waals surface area contributed by atoms with Crippen LogP contribution in [0.4, 0.5) is 0 Å². The van der Waals surface area contributed by atoms with Crippen molar-refractivity contribution in [1.82, 2.24) is 15.3 Å². The van der Waals surface area contributed by atoms with Gasteiger partial charge in [-0.2, -0.15) is 0 Å². The van der Waals surface area contributed by atoms with Crippen molar-refractivity contribution in [2.45, 2.75) is 13.3 Å². The predicted octanol–water partition coefficient (Wildman–Crippen LogP) is 2.89. The Morgan fingerprint density at radius 3 is 2.28 bits per heavy atom. The van der Waals surface area contributed by atoms with Gasteiger partial charge in [-0.1, -0.05) is 37.8 Å². The average Bonchev–Trinajstić information content (AvgIpc) is 2.29. The van der Waals surface area contributed by atoms with Gasteiger partial charge in [0.05, 0.1) is 11.4 Å². The van der Waals surface area contributed by atoms with Crippen molar-refractivity contribution in [2.75, 3.05) is 13.1 Å². The van der Waals surface area contributed by atoms with Crippen molar-refractivity contribution in [1.29, 1.82) is 0 Å². The van der Waals surface area contributed by atoms with Crippen molar-refractivity contribution in [3.63, 3.8) is 0 Å². The highest BCUT2D eigenvalue weighted by atomic mass is 35.5. The van der Waals surface area contributed by atoms with Crippen LogP contribution in [0.25, 0.3) is 11.3 Å². The molecule has 1 aliphatic rings. The molecule has 0 spiro atoms. The molecule has 3 rings (SSSR count). The van der Waals surface area contributed by atoms with Crippen molar-refractivity contribution in [3.8, 4) is 11.3 Å². The molecule has 1 fully saturated rings.